The zero-order chi connectivity index (χ0) is 19.4. The topological polar surface area (TPSA) is 57.2 Å². The van der Waals surface area contributed by atoms with Crippen molar-refractivity contribution in [1.29, 1.82) is 0 Å². The SMILES string of the molecule is CC/C=C/[C@]12[C@@H]3CCN1[C@H]1C[C@H]2OC32O/C(=C3\OC(=O)C(C)=C3OC)[C@H](C)[C@@H]12. The Morgan fingerprint density at radius 2 is 2.21 bits per heavy atom. The number of esters is 1. The van der Waals surface area contributed by atoms with Crippen LogP contribution in [0, 0.1) is 17.8 Å². The zero-order valence-electron chi connectivity index (χ0n) is 16.9. The molecule has 1 spiro atoms. The second-order valence-electron chi connectivity index (χ2n) is 9.02. The van der Waals surface area contributed by atoms with Crippen molar-refractivity contribution in [2.45, 2.75) is 63.5 Å². The minimum Gasteiger partial charge on any atom is -0.492 e. The van der Waals surface area contributed by atoms with Crippen molar-refractivity contribution in [1.82, 2.24) is 4.90 Å². The molecule has 6 heterocycles. The average Bonchev–Trinajstić information content (AvgIpc) is 3.38. The van der Waals surface area contributed by atoms with E-state index in [0.29, 0.717) is 29.1 Å². The molecule has 0 radical (unpaired) electrons. The lowest BCUT2D eigenvalue weighted by Gasteiger charge is -2.47. The average molecular weight is 385 g/mol. The van der Waals surface area contributed by atoms with E-state index in [2.05, 4.69) is 30.9 Å². The Morgan fingerprint density at radius 1 is 1.39 bits per heavy atom. The largest absolute Gasteiger partial charge is 0.492 e. The first-order valence-corrected chi connectivity index (χ1v) is 10.5. The minimum absolute atomic E-state index is 0.0286. The Bertz CT molecular complexity index is 874. The van der Waals surface area contributed by atoms with Gasteiger partial charge in [-0.1, -0.05) is 26.0 Å². The minimum atomic E-state index is -0.609. The summed E-state index contributed by atoms with van der Waals surface area (Å²) in [6.45, 7) is 7.21. The van der Waals surface area contributed by atoms with Crippen molar-refractivity contribution in [2.75, 3.05) is 13.7 Å². The van der Waals surface area contributed by atoms with Crippen LogP contribution in [0.3, 0.4) is 0 Å². The number of nitrogens with zero attached hydrogens (tertiary/aromatic N) is 1. The molecule has 8 atom stereocenters. The number of allylic oxidation sites excluding steroid dienone is 2. The van der Waals surface area contributed by atoms with E-state index in [0.717, 1.165) is 31.6 Å². The first-order chi connectivity index (χ1) is 13.5. The van der Waals surface area contributed by atoms with Crippen molar-refractivity contribution >= 4 is 5.97 Å². The number of hydrogen-bond donors (Lipinski definition) is 0. The molecule has 0 aromatic rings. The number of ether oxygens (including phenoxy) is 4. The summed E-state index contributed by atoms with van der Waals surface area (Å²) in [6, 6.07) is 0.445. The number of methoxy groups -OCH3 is 1. The summed E-state index contributed by atoms with van der Waals surface area (Å²) < 4.78 is 24.5. The number of fused-ring (bicyclic) bond motifs is 1. The van der Waals surface area contributed by atoms with Gasteiger partial charge in [-0.15, -0.1) is 0 Å². The summed E-state index contributed by atoms with van der Waals surface area (Å²) in [5.41, 5.74) is 0.467. The quantitative estimate of drug-likeness (QED) is 0.550. The highest BCUT2D eigenvalue weighted by Gasteiger charge is 2.83. The summed E-state index contributed by atoms with van der Waals surface area (Å²) in [5, 5.41) is 0. The van der Waals surface area contributed by atoms with Crippen LogP contribution in [0.4, 0.5) is 0 Å². The first-order valence-electron chi connectivity index (χ1n) is 10.5. The highest BCUT2D eigenvalue weighted by Crippen LogP contribution is 2.72. The number of carbonyl (C=O) groups excluding carboxylic acids is 1. The van der Waals surface area contributed by atoms with Crippen molar-refractivity contribution < 1.29 is 23.7 Å². The lowest BCUT2D eigenvalue weighted by molar-refractivity contribution is -0.255. The van der Waals surface area contributed by atoms with Gasteiger partial charge in [-0.25, -0.2) is 4.79 Å². The molecule has 6 nitrogen and oxygen atoms in total. The van der Waals surface area contributed by atoms with Crippen LogP contribution >= 0.6 is 0 Å². The van der Waals surface area contributed by atoms with Gasteiger partial charge in [0.2, 0.25) is 11.5 Å². The third kappa shape index (κ3) is 1.60. The van der Waals surface area contributed by atoms with E-state index in [4.69, 9.17) is 18.9 Å². The molecule has 2 unspecified atom stereocenters. The van der Waals surface area contributed by atoms with Gasteiger partial charge in [-0.3, -0.25) is 4.90 Å². The van der Waals surface area contributed by atoms with E-state index < -0.39 is 5.79 Å². The predicted octanol–water partition coefficient (Wildman–Crippen LogP) is 2.87. The molecular weight excluding hydrogens is 358 g/mol. The molecule has 5 bridgehead atoms. The Morgan fingerprint density at radius 3 is 2.96 bits per heavy atom. The molecule has 0 amide bonds. The lowest BCUT2D eigenvalue weighted by atomic mass is 9.71. The van der Waals surface area contributed by atoms with Gasteiger partial charge in [0.25, 0.3) is 0 Å². The van der Waals surface area contributed by atoms with Gasteiger partial charge in [0.15, 0.2) is 5.76 Å². The molecular formula is C22H27NO5. The monoisotopic (exact) mass is 385 g/mol. The highest BCUT2D eigenvalue weighted by atomic mass is 16.7. The number of carbonyl (C=O) groups is 1. The molecule has 0 aliphatic carbocycles. The van der Waals surface area contributed by atoms with Crippen LogP contribution in [0.1, 0.15) is 40.0 Å². The Balaban J connectivity index is 1.49. The predicted molar refractivity (Wildman–Crippen MR) is 99.6 cm³/mol. The van der Waals surface area contributed by atoms with Crippen LogP contribution in [-0.2, 0) is 23.7 Å². The van der Waals surface area contributed by atoms with Gasteiger partial charge in [0.1, 0.15) is 5.76 Å². The third-order valence-corrected chi connectivity index (χ3v) is 8.10. The zero-order valence-corrected chi connectivity index (χ0v) is 16.9. The molecule has 0 saturated carbocycles. The summed E-state index contributed by atoms with van der Waals surface area (Å²) in [7, 11) is 1.57. The maximum atomic E-state index is 12.2. The molecule has 6 rings (SSSR count). The third-order valence-electron chi connectivity index (χ3n) is 8.10. The fraction of sp³-hybridized carbons (Fsp3) is 0.682. The Hall–Kier alpha value is -1.79. The molecule has 5 fully saturated rings. The number of piperidine rings is 1. The van der Waals surface area contributed by atoms with E-state index >= 15 is 0 Å². The fourth-order valence-corrected chi connectivity index (χ4v) is 7.22. The van der Waals surface area contributed by atoms with Crippen LogP contribution in [0.5, 0.6) is 0 Å². The van der Waals surface area contributed by atoms with Gasteiger partial charge in [-0.05, 0) is 26.2 Å². The van der Waals surface area contributed by atoms with Gasteiger partial charge in [0.05, 0.1) is 36.2 Å². The van der Waals surface area contributed by atoms with Crippen LogP contribution in [0.15, 0.2) is 35.0 Å². The lowest BCUT2D eigenvalue weighted by Crippen LogP contribution is -2.60. The molecule has 6 aliphatic rings. The normalized spacial score (nSPS) is 52.8. The second kappa shape index (κ2) is 5.22. The number of rotatable bonds is 3. The van der Waals surface area contributed by atoms with Gasteiger partial charge >= 0.3 is 5.97 Å². The van der Waals surface area contributed by atoms with Crippen molar-refractivity contribution in [3.63, 3.8) is 0 Å². The maximum Gasteiger partial charge on any atom is 0.343 e. The van der Waals surface area contributed by atoms with Gasteiger partial charge in [0, 0.05) is 18.5 Å². The molecule has 0 aromatic heterocycles. The molecule has 6 aliphatic heterocycles. The van der Waals surface area contributed by atoms with E-state index in [1.54, 1.807) is 14.0 Å². The molecule has 6 heteroatoms. The van der Waals surface area contributed by atoms with Crippen LogP contribution in [0.25, 0.3) is 0 Å². The standard InChI is InChI=1S/C22H27NO5/c1-5-6-8-21-14-7-9-23(21)13-10-15(21)27-22(14)16(13)11(2)18(28-22)19-17(25-4)12(3)20(24)26-19/h6,8,11,13-16H,5,7,9-10H2,1-4H3/b8-6+,19-18-/t11-,13+,14+,15-,16+,21-,22?/m1/s1. The highest BCUT2D eigenvalue weighted by molar-refractivity contribution is 5.93. The number of cyclic esters (lactones) is 1. The van der Waals surface area contributed by atoms with Crippen LogP contribution in [-0.4, -0.2) is 48.0 Å². The van der Waals surface area contributed by atoms with Crippen LogP contribution < -0.4 is 0 Å². The molecule has 5 saturated heterocycles. The maximum absolute atomic E-state index is 12.2. The summed E-state index contributed by atoms with van der Waals surface area (Å²) in [5.74, 6) is 1.38. The van der Waals surface area contributed by atoms with E-state index in [-0.39, 0.29) is 29.4 Å². The van der Waals surface area contributed by atoms with Crippen molar-refractivity contribution in [3.05, 3.63) is 35.0 Å². The first kappa shape index (κ1) is 17.1. The van der Waals surface area contributed by atoms with Gasteiger partial charge in [-0.2, -0.15) is 0 Å². The molecule has 0 N–H and O–H groups in total. The van der Waals surface area contributed by atoms with Crippen LogP contribution in [0.2, 0.25) is 0 Å². The van der Waals surface area contributed by atoms with E-state index in [9.17, 15) is 4.79 Å². The van der Waals surface area contributed by atoms with Crippen molar-refractivity contribution in [2.24, 2.45) is 17.8 Å². The summed E-state index contributed by atoms with van der Waals surface area (Å²) >= 11 is 0. The smallest absolute Gasteiger partial charge is 0.343 e. The fourth-order valence-electron chi connectivity index (χ4n) is 7.22. The summed E-state index contributed by atoms with van der Waals surface area (Å²) in [6.07, 6.45) is 8.04. The Labute approximate surface area is 165 Å². The number of hydrogen-bond acceptors (Lipinski definition) is 6. The van der Waals surface area contributed by atoms with Crippen molar-refractivity contribution in [3.8, 4) is 0 Å². The molecule has 150 valence electrons. The molecule has 0 aromatic carbocycles. The second-order valence-corrected chi connectivity index (χ2v) is 9.02. The van der Waals surface area contributed by atoms with E-state index in [1.807, 2.05) is 0 Å². The van der Waals surface area contributed by atoms with E-state index in [1.165, 1.54) is 0 Å². The Kier molecular flexibility index (Phi) is 3.19. The molecule has 28 heavy (non-hydrogen) atoms. The summed E-state index contributed by atoms with van der Waals surface area (Å²) in [4.78, 5) is 14.9. The van der Waals surface area contributed by atoms with Gasteiger partial charge < -0.3 is 18.9 Å².